The van der Waals surface area contributed by atoms with Gasteiger partial charge in [0, 0.05) is 25.1 Å². The van der Waals surface area contributed by atoms with Crippen molar-refractivity contribution in [1.82, 2.24) is 10.2 Å². The largest absolute Gasteiger partial charge is 0.416 e. The monoisotopic (exact) mass is 296 g/mol. The van der Waals surface area contributed by atoms with Crippen molar-refractivity contribution in [3.05, 3.63) is 11.8 Å². The lowest BCUT2D eigenvalue weighted by atomic mass is 10.2. The molecule has 3 N–H and O–H groups in total. The first kappa shape index (κ1) is 16.9. The van der Waals surface area contributed by atoms with E-state index >= 15 is 0 Å². The molecule has 0 fully saturated rings. The Bertz CT molecular complexity index is 443. The van der Waals surface area contributed by atoms with Crippen molar-refractivity contribution < 1.29 is 4.43 Å². The van der Waals surface area contributed by atoms with Gasteiger partial charge in [0.25, 0.3) is 0 Å². The molecule has 0 aliphatic rings. The molecule has 0 unspecified atom stereocenters. The predicted molar refractivity (Wildman–Crippen MR) is 87.5 cm³/mol. The quantitative estimate of drug-likeness (QED) is 0.789. The molecule has 0 radical (unpaired) electrons. The van der Waals surface area contributed by atoms with Gasteiger partial charge in [-0.2, -0.15) is 5.10 Å². The van der Waals surface area contributed by atoms with Crippen molar-refractivity contribution in [3.63, 3.8) is 0 Å². The van der Waals surface area contributed by atoms with Crippen LogP contribution in [-0.2, 0) is 10.8 Å². The summed E-state index contributed by atoms with van der Waals surface area (Å²) in [5.41, 5.74) is 7.89. The van der Waals surface area contributed by atoms with Gasteiger partial charge in [-0.3, -0.25) is 0 Å². The minimum Gasteiger partial charge on any atom is -0.416 e. The summed E-state index contributed by atoms with van der Waals surface area (Å²) in [5.74, 6) is 0.488. The molecule has 0 aliphatic heterocycles. The number of nitrogens with one attached hydrogen (secondary N) is 1. The van der Waals surface area contributed by atoms with Crippen molar-refractivity contribution in [1.29, 1.82) is 0 Å². The zero-order valence-corrected chi connectivity index (χ0v) is 14.6. The van der Waals surface area contributed by atoms with Crippen molar-refractivity contribution in [2.45, 2.75) is 52.2 Å². The molecule has 6 heteroatoms. The van der Waals surface area contributed by atoms with E-state index in [-0.39, 0.29) is 5.04 Å². The van der Waals surface area contributed by atoms with Crippen LogP contribution < -0.4 is 11.1 Å². The number of nitrogens with zero attached hydrogens (tertiary/aromatic N) is 2. The Kier molecular flexibility index (Phi) is 5.53. The molecule has 0 saturated carbocycles. The second kappa shape index (κ2) is 6.54. The van der Waals surface area contributed by atoms with Gasteiger partial charge in [0.2, 0.25) is 0 Å². The fourth-order valence-corrected chi connectivity index (χ4v) is 2.70. The van der Waals surface area contributed by atoms with Gasteiger partial charge in [-0.15, -0.1) is 5.10 Å². The summed E-state index contributed by atoms with van der Waals surface area (Å²) in [5, 5.41) is 11.3. The van der Waals surface area contributed by atoms with Crippen molar-refractivity contribution in [3.8, 4) is 0 Å². The minimum absolute atomic E-state index is 0.222. The Hall–Kier alpha value is -1.14. The van der Waals surface area contributed by atoms with Crippen LogP contribution in [0.15, 0.2) is 6.20 Å². The molecule has 20 heavy (non-hydrogen) atoms. The Morgan fingerprint density at radius 1 is 1.35 bits per heavy atom. The molecule has 5 nitrogen and oxygen atoms in total. The van der Waals surface area contributed by atoms with Crippen molar-refractivity contribution >= 4 is 19.8 Å². The highest BCUT2D eigenvalue weighted by Gasteiger charge is 2.36. The summed E-state index contributed by atoms with van der Waals surface area (Å²) in [7, 11) is -1.71. The molecule has 0 spiro atoms. The third-order valence-electron chi connectivity index (χ3n) is 3.97. The minimum atomic E-state index is -1.71. The van der Waals surface area contributed by atoms with Gasteiger partial charge >= 0.3 is 0 Å². The van der Waals surface area contributed by atoms with Gasteiger partial charge in [-0.05, 0) is 25.1 Å². The summed E-state index contributed by atoms with van der Waals surface area (Å²) in [4.78, 5) is 0. The summed E-state index contributed by atoms with van der Waals surface area (Å²) in [6.45, 7) is 14.8. The average Bonchev–Trinajstić information content (AvgIpc) is 2.31. The molecule has 114 valence electrons. The zero-order valence-electron chi connectivity index (χ0n) is 13.6. The summed E-state index contributed by atoms with van der Waals surface area (Å²) in [6, 6.07) is 0. The maximum Gasteiger partial charge on any atom is 0.191 e. The molecular formula is C14H28N4OSi. The number of aromatic nitrogens is 2. The SMILES string of the molecule is CCNc1cnnc(N)c1CCO[Si](C)(C)C(C)(C)C. The van der Waals surface area contributed by atoms with Gasteiger partial charge in [-0.25, -0.2) is 0 Å². The second-order valence-corrected chi connectivity index (χ2v) is 11.3. The van der Waals surface area contributed by atoms with E-state index in [2.05, 4.69) is 49.4 Å². The lowest BCUT2D eigenvalue weighted by Crippen LogP contribution is -2.41. The number of nitrogens with two attached hydrogens (primary N) is 1. The van der Waals surface area contributed by atoms with Crippen LogP contribution >= 0.6 is 0 Å². The molecule has 1 rings (SSSR count). The van der Waals surface area contributed by atoms with Crippen LogP contribution in [0.5, 0.6) is 0 Å². The van der Waals surface area contributed by atoms with E-state index in [1.807, 2.05) is 6.92 Å². The van der Waals surface area contributed by atoms with Gasteiger partial charge in [0.15, 0.2) is 14.1 Å². The normalized spacial score (nSPS) is 12.5. The number of hydrogen-bond acceptors (Lipinski definition) is 5. The van der Waals surface area contributed by atoms with Crippen LogP contribution in [0.3, 0.4) is 0 Å². The van der Waals surface area contributed by atoms with E-state index in [0.29, 0.717) is 12.4 Å². The fourth-order valence-electron chi connectivity index (χ4n) is 1.66. The molecule has 0 atom stereocenters. The number of hydrogen-bond donors (Lipinski definition) is 2. The number of nitrogen functional groups attached to an aromatic ring is 1. The first-order valence-electron chi connectivity index (χ1n) is 7.17. The molecule has 1 aromatic rings. The van der Waals surface area contributed by atoms with E-state index in [0.717, 1.165) is 24.2 Å². The van der Waals surface area contributed by atoms with Gasteiger partial charge in [0.05, 0.1) is 11.9 Å². The first-order chi connectivity index (χ1) is 9.19. The first-order valence-corrected chi connectivity index (χ1v) is 10.1. The Morgan fingerprint density at radius 3 is 2.55 bits per heavy atom. The lowest BCUT2D eigenvalue weighted by Gasteiger charge is -2.36. The van der Waals surface area contributed by atoms with E-state index < -0.39 is 8.32 Å². The van der Waals surface area contributed by atoms with E-state index in [4.69, 9.17) is 10.2 Å². The fraction of sp³-hybridized carbons (Fsp3) is 0.714. The van der Waals surface area contributed by atoms with E-state index in [1.165, 1.54) is 0 Å². The Labute approximate surface area is 123 Å². The van der Waals surface area contributed by atoms with Crippen LogP contribution in [0.1, 0.15) is 33.3 Å². The molecule has 0 saturated heterocycles. The Balaban J connectivity index is 2.71. The molecule has 0 bridgehead atoms. The van der Waals surface area contributed by atoms with Crippen LogP contribution in [0, 0.1) is 0 Å². The van der Waals surface area contributed by atoms with E-state index in [9.17, 15) is 0 Å². The third-order valence-corrected chi connectivity index (χ3v) is 8.51. The summed E-state index contributed by atoms with van der Waals surface area (Å²) >= 11 is 0. The molecule has 1 heterocycles. The van der Waals surface area contributed by atoms with Crippen molar-refractivity contribution in [2.75, 3.05) is 24.2 Å². The van der Waals surface area contributed by atoms with Gasteiger partial charge < -0.3 is 15.5 Å². The lowest BCUT2D eigenvalue weighted by molar-refractivity contribution is 0.292. The van der Waals surface area contributed by atoms with Crippen LogP contribution in [0.4, 0.5) is 11.5 Å². The van der Waals surface area contributed by atoms with Gasteiger partial charge in [0.1, 0.15) is 0 Å². The molecule has 0 aliphatic carbocycles. The summed E-state index contributed by atoms with van der Waals surface area (Å²) < 4.78 is 6.19. The van der Waals surface area contributed by atoms with Gasteiger partial charge in [-0.1, -0.05) is 20.8 Å². The molecule has 1 aromatic heterocycles. The third kappa shape index (κ3) is 4.18. The maximum atomic E-state index is 6.19. The average molecular weight is 296 g/mol. The zero-order chi connectivity index (χ0) is 15.4. The highest BCUT2D eigenvalue weighted by Crippen LogP contribution is 2.36. The Morgan fingerprint density at radius 2 is 2.00 bits per heavy atom. The number of anilines is 2. The van der Waals surface area contributed by atoms with Crippen LogP contribution in [0.2, 0.25) is 18.1 Å². The smallest absolute Gasteiger partial charge is 0.191 e. The molecular weight excluding hydrogens is 268 g/mol. The maximum absolute atomic E-state index is 6.19. The van der Waals surface area contributed by atoms with E-state index in [1.54, 1.807) is 6.20 Å². The van der Waals surface area contributed by atoms with Crippen LogP contribution in [-0.4, -0.2) is 31.7 Å². The highest BCUT2D eigenvalue weighted by atomic mass is 28.4. The second-order valence-electron chi connectivity index (χ2n) is 6.51. The standard InChI is InChI=1S/C14H28N4OSi/c1-7-16-12-10-17-18-13(15)11(12)8-9-19-20(5,6)14(2,3)4/h10H,7-9H2,1-6H3,(H3,15,16,18). The highest BCUT2D eigenvalue weighted by molar-refractivity contribution is 6.74. The summed E-state index contributed by atoms with van der Waals surface area (Å²) in [6.07, 6.45) is 2.48. The van der Waals surface area contributed by atoms with Crippen molar-refractivity contribution in [2.24, 2.45) is 0 Å². The number of rotatable bonds is 6. The topological polar surface area (TPSA) is 73.1 Å². The molecule has 0 amide bonds. The molecule has 0 aromatic carbocycles. The predicted octanol–water partition coefficient (Wildman–Crippen LogP) is 3.05. The van der Waals surface area contributed by atoms with Crippen LogP contribution in [0.25, 0.3) is 0 Å².